The van der Waals surface area contributed by atoms with Crippen LogP contribution in [-0.2, 0) is 4.74 Å². The molecule has 1 aromatic rings. The minimum Gasteiger partial charge on any atom is -0.376 e. The highest BCUT2D eigenvalue weighted by Crippen LogP contribution is 2.31. The Morgan fingerprint density at radius 3 is 2.65 bits per heavy atom. The Balaban J connectivity index is 2.30. The van der Waals surface area contributed by atoms with Crippen molar-refractivity contribution >= 4 is 0 Å². The summed E-state index contributed by atoms with van der Waals surface area (Å²) >= 11 is 0. The van der Waals surface area contributed by atoms with Gasteiger partial charge in [0, 0.05) is 12.2 Å². The number of halogens is 2. The SMILES string of the molecule is Cc1cc(F)c(C(N)C2OCCC2C)cc1F. The molecule has 0 spiro atoms. The lowest BCUT2D eigenvalue weighted by molar-refractivity contribution is 0.0714. The van der Waals surface area contributed by atoms with E-state index in [4.69, 9.17) is 10.5 Å². The molecule has 3 atom stereocenters. The van der Waals surface area contributed by atoms with Gasteiger partial charge >= 0.3 is 0 Å². The predicted molar refractivity (Wildman–Crippen MR) is 61.5 cm³/mol. The van der Waals surface area contributed by atoms with Crippen LogP contribution in [-0.4, -0.2) is 12.7 Å². The third-order valence-electron chi connectivity index (χ3n) is 3.44. The third kappa shape index (κ3) is 2.33. The second-order valence-corrected chi connectivity index (χ2v) is 4.75. The minimum atomic E-state index is -0.609. The number of ether oxygens (including phenoxy) is 1. The summed E-state index contributed by atoms with van der Waals surface area (Å²) in [6.45, 7) is 4.18. The third-order valence-corrected chi connectivity index (χ3v) is 3.44. The van der Waals surface area contributed by atoms with Crippen LogP contribution in [0.15, 0.2) is 12.1 Å². The van der Waals surface area contributed by atoms with Gasteiger partial charge < -0.3 is 10.5 Å². The molecular formula is C13H17F2NO. The van der Waals surface area contributed by atoms with Crippen LogP contribution in [0.3, 0.4) is 0 Å². The van der Waals surface area contributed by atoms with E-state index in [0.29, 0.717) is 12.2 Å². The molecule has 17 heavy (non-hydrogen) atoms. The molecule has 1 saturated heterocycles. The number of hydrogen-bond acceptors (Lipinski definition) is 2. The van der Waals surface area contributed by atoms with Crippen molar-refractivity contribution in [1.82, 2.24) is 0 Å². The first-order valence-electron chi connectivity index (χ1n) is 5.83. The van der Waals surface area contributed by atoms with Crippen LogP contribution in [0.2, 0.25) is 0 Å². The van der Waals surface area contributed by atoms with Crippen molar-refractivity contribution in [3.63, 3.8) is 0 Å². The van der Waals surface area contributed by atoms with Crippen molar-refractivity contribution in [3.05, 3.63) is 34.9 Å². The molecule has 0 saturated carbocycles. The van der Waals surface area contributed by atoms with Gasteiger partial charge in [-0.15, -0.1) is 0 Å². The number of benzene rings is 1. The number of rotatable bonds is 2. The van der Waals surface area contributed by atoms with Crippen molar-refractivity contribution in [2.24, 2.45) is 11.7 Å². The van der Waals surface area contributed by atoms with Crippen LogP contribution in [0, 0.1) is 24.5 Å². The molecule has 0 radical (unpaired) electrons. The van der Waals surface area contributed by atoms with E-state index in [2.05, 4.69) is 0 Å². The summed E-state index contributed by atoms with van der Waals surface area (Å²) in [7, 11) is 0. The summed E-state index contributed by atoms with van der Waals surface area (Å²) in [4.78, 5) is 0. The Kier molecular flexibility index (Phi) is 3.45. The van der Waals surface area contributed by atoms with Crippen molar-refractivity contribution in [1.29, 1.82) is 0 Å². The summed E-state index contributed by atoms with van der Waals surface area (Å²) in [5, 5.41) is 0. The molecular weight excluding hydrogens is 224 g/mol. The van der Waals surface area contributed by atoms with E-state index in [1.54, 1.807) is 0 Å². The molecule has 94 valence electrons. The molecule has 0 aliphatic carbocycles. The highest BCUT2D eigenvalue weighted by molar-refractivity contribution is 5.28. The molecule has 2 rings (SSSR count). The lowest BCUT2D eigenvalue weighted by atomic mass is 9.92. The molecule has 1 aliphatic heterocycles. The fourth-order valence-electron chi connectivity index (χ4n) is 2.27. The standard InChI is InChI=1S/C13H17F2NO/c1-7-3-4-17-13(7)12(16)9-6-10(14)8(2)5-11(9)15/h5-7,12-13H,3-4,16H2,1-2H3. The first-order chi connectivity index (χ1) is 8.00. The molecule has 2 N–H and O–H groups in total. The summed E-state index contributed by atoms with van der Waals surface area (Å²) < 4.78 is 32.7. The molecule has 4 heteroatoms. The van der Waals surface area contributed by atoms with E-state index in [1.807, 2.05) is 6.92 Å². The first-order valence-corrected chi connectivity index (χ1v) is 5.83. The summed E-state index contributed by atoms with van der Waals surface area (Å²) in [5.74, 6) is -0.615. The van der Waals surface area contributed by atoms with Crippen LogP contribution in [0.1, 0.15) is 30.5 Å². The second-order valence-electron chi connectivity index (χ2n) is 4.75. The van der Waals surface area contributed by atoms with E-state index in [0.717, 1.165) is 6.42 Å². The first kappa shape index (κ1) is 12.5. The molecule has 1 aromatic carbocycles. The van der Waals surface area contributed by atoms with E-state index >= 15 is 0 Å². The molecule has 0 aromatic heterocycles. The lowest BCUT2D eigenvalue weighted by Gasteiger charge is -2.23. The maximum Gasteiger partial charge on any atom is 0.128 e. The Bertz CT molecular complexity index is 422. The Labute approximate surface area is 99.8 Å². The van der Waals surface area contributed by atoms with Crippen molar-refractivity contribution in [2.75, 3.05) is 6.61 Å². The summed E-state index contributed by atoms with van der Waals surface area (Å²) in [6.07, 6.45) is 0.681. The quantitative estimate of drug-likeness (QED) is 0.864. The predicted octanol–water partition coefficient (Wildman–Crippen LogP) is 2.70. The van der Waals surface area contributed by atoms with Crippen molar-refractivity contribution < 1.29 is 13.5 Å². The molecule has 1 fully saturated rings. The van der Waals surface area contributed by atoms with Gasteiger partial charge in [0.25, 0.3) is 0 Å². The zero-order valence-electron chi connectivity index (χ0n) is 10.0. The second kappa shape index (κ2) is 4.70. The topological polar surface area (TPSA) is 35.2 Å². The van der Waals surface area contributed by atoms with Crippen LogP contribution >= 0.6 is 0 Å². The van der Waals surface area contributed by atoms with Crippen LogP contribution in [0.25, 0.3) is 0 Å². The Morgan fingerprint density at radius 1 is 1.35 bits per heavy atom. The van der Waals surface area contributed by atoms with Gasteiger partial charge in [0.1, 0.15) is 11.6 Å². The minimum absolute atomic E-state index is 0.201. The summed E-state index contributed by atoms with van der Waals surface area (Å²) in [6, 6.07) is 1.76. The zero-order valence-corrected chi connectivity index (χ0v) is 10.0. The highest BCUT2D eigenvalue weighted by Gasteiger charge is 2.32. The van der Waals surface area contributed by atoms with Crippen molar-refractivity contribution in [2.45, 2.75) is 32.4 Å². The number of nitrogens with two attached hydrogens (primary N) is 1. The van der Waals surface area contributed by atoms with E-state index in [-0.39, 0.29) is 17.6 Å². The molecule has 3 unspecified atom stereocenters. The van der Waals surface area contributed by atoms with Gasteiger partial charge in [0.15, 0.2) is 0 Å². The fourth-order valence-corrected chi connectivity index (χ4v) is 2.27. The molecule has 1 aliphatic rings. The molecule has 0 amide bonds. The number of hydrogen-bond donors (Lipinski definition) is 1. The van der Waals surface area contributed by atoms with Gasteiger partial charge in [0.2, 0.25) is 0 Å². The maximum atomic E-state index is 13.8. The molecule has 0 bridgehead atoms. The lowest BCUT2D eigenvalue weighted by Crippen LogP contribution is -2.30. The normalized spacial score (nSPS) is 26.2. The van der Waals surface area contributed by atoms with Gasteiger partial charge in [-0.2, -0.15) is 0 Å². The number of aryl methyl sites for hydroxylation is 1. The van der Waals surface area contributed by atoms with Crippen LogP contribution < -0.4 is 5.73 Å². The smallest absolute Gasteiger partial charge is 0.128 e. The van der Waals surface area contributed by atoms with Gasteiger partial charge in [-0.1, -0.05) is 6.92 Å². The molecule has 2 nitrogen and oxygen atoms in total. The van der Waals surface area contributed by atoms with Gasteiger partial charge in [-0.3, -0.25) is 0 Å². The average Bonchev–Trinajstić information content (AvgIpc) is 2.69. The van der Waals surface area contributed by atoms with Gasteiger partial charge in [-0.05, 0) is 37.0 Å². The summed E-state index contributed by atoms with van der Waals surface area (Å²) in [5.41, 5.74) is 6.47. The van der Waals surface area contributed by atoms with Crippen LogP contribution in [0.4, 0.5) is 8.78 Å². The van der Waals surface area contributed by atoms with E-state index in [9.17, 15) is 8.78 Å². The monoisotopic (exact) mass is 241 g/mol. The van der Waals surface area contributed by atoms with Gasteiger partial charge in [-0.25, -0.2) is 8.78 Å². The average molecular weight is 241 g/mol. The fraction of sp³-hybridized carbons (Fsp3) is 0.538. The largest absolute Gasteiger partial charge is 0.376 e. The van der Waals surface area contributed by atoms with E-state index < -0.39 is 17.7 Å². The Hall–Kier alpha value is -1.00. The zero-order chi connectivity index (χ0) is 12.6. The molecule has 1 heterocycles. The highest BCUT2D eigenvalue weighted by atomic mass is 19.1. The van der Waals surface area contributed by atoms with E-state index in [1.165, 1.54) is 19.1 Å². The Morgan fingerprint density at radius 2 is 2.06 bits per heavy atom. The van der Waals surface area contributed by atoms with Crippen molar-refractivity contribution in [3.8, 4) is 0 Å². The van der Waals surface area contributed by atoms with Crippen LogP contribution in [0.5, 0.6) is 0 Å². The van der Waals surface area contributed by atoms with Gasteiger partial charge in [0.05, 0.1) is 12.1 Å². The maximum absolute atomic E-state index is 13.8.